The van der Waals surface area contributed by atoms with Crippen molar-refractivity contribution in [3.05, 3.63) is 42.5 Å². The molecule has 0 bridgehead atoms. The van der Waals surface area contributed by atoms with Gasteiger partial charge in [0.05, 0.1) is 0 Å². The third-order valence-electron chi connectivity index (χ3n) is 2.75. The van der Waals surface area contributed by atoms with Gasteiger partial charge < -0.3 is 10.2 Å². The molecule has 0 spiro atoms. The molecular weight excluding hydrogens is 240 g/mol. The first kappa shape index (κ1) is 15.0. The van der Waals surface area contributed by atoms with Gasteiger partial charge >= 0.3 is 6.03 Å². The van der Waals surface area contributed by atoms with Crippen LogP contribution >= 0.6 is 0 Å². The van der Waals surface area contributed by atoms with Crippen molar-refractivity contribution >= 4 is 17.5 Å². The topological polar surface area (TPSA) is 49.4 Å². The molecule has 0 heterocycles. The molecule has 0 aliphatic rings. The Hall–Kier alpha value is -2.10. The SMILES string of the molecule is C=CCN(C(=O)Nc1ccc(C(C)=O)cc1)C(C)C. The van der Waals surface area contributed by atoms with Gasteiger partial charge in [0.25, 0.3) is 0 Å². The van der Waals surface area contributed by atoms with Crippen molar-refractivity contribution in [2.24, 2.45) is 0 Å². The van der Waals surface area contributed by atoms with E-state index in [4.69, 9.17) is 0 Å². The van der Waals surface area contributed by atoms with E-state index in [0.717, 1.165) is 0 Å². The van der Waals surface area contributed by atoms with Gasteiger partial charge in [-0.3, -0.25) is 4.79 Å². The third-order valence-corrected chi connectivity index (χ3v) is 2.75. The van der Waals surface area contributed by atoms with Crippen molar-refractivity contribution in [3.63, 3.8) is 0 Å². The lowest BCUT2D eigenvalue weighted by Gasteiger charge is -2.25. The van der Waals surface area contributed by atoms with Gasteiger partial charge in [-0.25, -0.2) is 4.79 Å². The van der Waals surface area contributed by atoms with E-state index < -0.39 is 0 Å². The molecule has 0 fully saturated rings. The molecule has 0 saturated carbocycles. The van der Waals surface area contributed by atoms with Gasteiger partial charge in [-0.15, -0.1) is 6.58 Å². The lowest BCUT2D eigenvalue weighted by Crippen LogP contribution is -2.40. The summed E-state index contributed by atoms with van der Waals surface area (Å²) in [6.07, 6.45) is 1.69. The zero-order valence-corrected chi connectivity index (χ0v) is 11.6. The van der Waals surface area contributed by atoms with Crippen LogP contribution in [0.15, 0.2) is 36.9 Å². The molecule has 1 aromatic rings. The fourth-order valence-corrected chi connectivity index (χ4v) is 1.65. The van der Waals surface area contributed by atoms with Gasteiger partial charge in [0, 0.05) is 23.8 Å². The summed E-state index contributed by atoms with van der Waals surface area (Å²) in [6, 6.07) is 6.76. The minimum absolute atomic E-state index is 0.00772. The molecule has 2 amide bonds. The van der Waals surface area contributed by atoms with Gasteiger partial charge in [0.15, 0.2) is 5.78 Å². The number of nitrogens with one attached hydrogen (secondary N) is 1. The van der Waals surface area contributed by atoms with Crippen LogP contribution in [0.4, 0.5) is 10.5 Å². The van der Waals surface area contributed by atoms with Gasteiger partial charge in [-0.2, -0.15) is 0 Å². The summed E-state index contributed by atoms with van der Waals surface area (Å²) in [4.78, 5) is 24.9. The second kappa shape index (κ2) is 6.73. The minimum Gasteiger partial charge on any atom is -0.318 e. The monoisotopic (exact) mass is 260 g/mol. The van der Waals surface area contributed by atoms with Gasteiger partial charge in [0.1, 0.15) is 0 Å². The number of Topliss-reactive ketones (excluding diaryl/α,β-unsaturated/α-hetero) is 1. The number of nitrogens with zero attached hydrogens (tertiary/aromatic N) is 1. The average Bonchev–Trinajstić information content (AvgIpc) is 2.36. The van der Waals surface area contributed by atoms with Crippen molar-refractivity contribution in [2.45, 2.75) is 26.8 Å². The highest BCUT2D eigenvalue weighted by Gasteiger charge is 2.15. The first-order valence-electron chi connectivity index (χ1n) is 6.25. The second-order valence-electron chi connectivity index (χ2n) is 4.60. The Kier molecular flexibility index (Phi) is 5.30. The van der Waals surface area contributed by atoms with Crippen LogP contribution < -0.4 is 5.32 Å². The third kappa shape index (κ3) is 4.25. The first-order valence-corrected chi connectivity index (χ1v) is 6.25. The number of hydrogen-bond acceptors (Lipinski definition) is 2. The quantitative estimate of drug-likeness (QED) is 0.652. The van der Waals surface area contributed by atoms with Crippen LogP contribution in [0.1, 0.15) is 31.1 Å². The van der Waals surface area contributed by atoms with Crippen LogP contribution in [-0.4, -0.2) is 29.3 Å². The van der Waals surface area contributed by atoms with Crippen LogP contribution in [0, 0.1) is 0 Å². The van der Waals surface area contributed by atoms with Crippen molar-refractivity contribution in [3.8, 4) is 0 Å². The lowest BCUT2D eigenvalue weighted by molar-refractivity contribution is 0.101. The molecule has 0 unspecified atom stereocenters. The number of urea groups is 1. The standard InChI is InChI=1S/C15H20N2O2/c1-5-10-17(11(2)3)15(19)16-14-8-6-13(7-9-14)12(4)18/h5-9,11H,1,10H2,2-4H3,(H,16,19). The fourth-order valence-electron chi connectivity index (χ4n) is 1.65. The molecule has 19 heavy (non-hydrogen) atoms. The van der Waals surface area contributed by atoms with Crippen molar-refractivity contribution in [1.29, 1.82) is 0 Å². The fraction of sp³-hybridized carbons (Fsp3) is 0.333. The Morgan fingerprint density at radius 1 is 1.32 bits per heavy atom. The van der Waals surface area contributed by atoms with Crippen molar-refractivity contribution in [1.82, 2.24) is 4.90 Å². The number of ketones is 1. The van der Waals surface area contributed by atoms with Crippen LogP contribution in [-0.2, 0) is 0 Å². The van der Waals surface area contributed by atoms with Crippen molar-refractivity contribution in [2.75, 3.05) is 11.9 Å². The van der Waals surface area contributed by atoms with Crippen LogP contribution in [0.2, 0.25) is 0 Å². The highest BCUT2D eigenvalue weighted by Crippen LogP contribution is 2.11. The molecule has 4 nitrogen and oxygen atoms in total. The van der Waals surface area contributed by atoms with E-state index in [1.165, 1.54) is 6.92 Å². The Bertz CT molecular complexity index is 464. The van der Waals surface area contributed by atoms with Crippen LogP contribution in [0.25, 0.3) is 0 Å². The number of anilines is 1. The highest BCUT2D eigenvalue weighted by atomic mass is 16.2. The zero-order chi connectivity index (χ0) is 14.4. The van der Waals surface area contributed by atoms with Crippen LogP contribution in [0.5, 0.6) is 0 Å². The highest BCUT2D eigenvalue weighted by molar-refractivity contribution is 5.95. The molecule has 1 N–H and O–H groups in total. The van der Waals surface area contributed by atoms with E-state index in [1.54, 1.807) is 35.2 Å². The summed E-state index contributed by atoms with van der Waals surface area (Å²) in [5.74, 6) is 0.00772. The Morgan fingerprint density at radius 2 is 1.89 bits per heavy atom. The molecule has 1 rings (SSSR count). The summed E-state index contributed by atoms with van der Waals surface area (Å²) in [6.45, 7) is 9.54. The minimum atomic E-state index is -0.175. The van der Waals surface area contributed by atoms with Crippen LogP contribution in [0.3, 0.4) is 0 Å². The maximum absolute atomic E-state index is 12.1. The summed E-state index contributed by atoms with van der Waals surface area (Å²) >= 11 is 0. The number of hydrogen-bond donors (Lipinski definition) is 1. The van der Waals surface area contributed by atoms with Crippen molar-refractivity contribution < 1.29 is 9.59 Å². The predicted octanol–water partition coefficient (Wildman–Crippen LogP) is 3.32. The maximum atomic E-state index is 12.1. The van der Waals surface area contributed by atoms with E-state index in [2.05, 4.69) is 11.9 Å². The van der Waals surface area contributed by atoms with Gasteiger partial charge in [-0.05, 0) is 45.0 Å². The molecule has 102 valence electrons. The normalized spacial score (nSPS) is 10.1. The zero-order valence-electron chi connectivity index (χ0n) is 11.6. The first-order chi connectivity index (χ1) is 8.95. The molecule has 1 aromatic carbocycles. The van der Waals surface area contributed by atoms with E-state index in [0.29, 0.717) is 17.8 Å². The number of rotatable bonds is 5. The number of carbonyl (C=O) groups is 2. The number of carbonyl (C=O) groups excluding carboxylic acids is 2. The van der Waals surface area contributed by atoms with E-state index >= 15 is 0 Å². The largest absolute Gasteiger partial charge is 0.322 e. The van der Waals surface area contributed by atoms with E-state index in [1.807, 2.05) is 13.8 Å². The summed E-state index contributed by atoms with van der Waals surface area (Å²) in [5, 5.41) is 2.80. The molecule has 0 saturated heterocycles. The van der Waals surface area contributed by atoms with E-state index in [-0.39, 0.29) is 17.9 Å². The molecule has 0 atom stereocenters. The molecule has 4 heteroatoms. The molecule has 0 radical (unpaired) electrons. The average molecular weight is 260 g/mol. The summed E-state index contributed by atoms with van der Waals surface area (Å²) in [7, 11) is 0. The molecule has 0 aliphatic heterocycles. The Labute approximate surface area is 114 Å². The smallest absolute Gasteiger partial charge is 0.318 e. The lowest BCUT2D eigenvalue weighted by atomic mass is 10.1. The Morgan fingerprint density at radius 3 is 2.32 bits per heavy atom. The number of amides is 2. The summed E-state index contributed by atoms with van der Waals surface area (Å²) < 4.78 is 0. The molecule has 0 aliphatic carbocycles. The number of benzene rings is 1. The predicted molar refractivity (Wildman–Crippen MR) is 77.5 cm³/mol. The molecule has 0 aromatic heterocycles. The van der Waals surface area contributed by atoms with E-state index in [9.17, 15) is 9.59 Å². The molecular formula is C15H20N2O2. The summed E-state index contributed by atoms with van der Waals surface area (Å²) in [5.41, 5.74) is 1.30. The van der Waals surface area contributed by atoms with Gasteiger partial charge in [-0.1, -0.05) is 6.08 Å². The maximum Gasteiger partial charge on any atom is 0.322 e. The second-order valence-corrected chi connectivity index (χ2v) is 4.60. The Balaban J connectivity index is 2.75. The van der Waals surface area contributed by atoms with Gasteiger partial charge in [0.2, 0.25) is 0 Å².